The van der Waals surface area contributed by atoms with Crippen molar-refractivity contribution in [3.05, 3.63) is 45.9 Å². The first-order chi connectivity index (χ1) is 13.5. The Morgan fingerprint density at radius 1 is 1.29 bits per heavy atom. The molecule has 0 saturated carbocycles. The number of hydrogen-bond donors (Lipinski definition) is 2. The molecule has 1 saturated heterocycles. The third-order valence-corrected chi connectivity index (χ3v) is 5.81. The molecule has 2 aromatic rings. The van der Waals surface area contributed by atoms with Gasteiger partial charge in [-0.15, -0.1) is 10.2 Å². The number of amides is 1. The second-order valence-corrected chi connectivity index (χ2v) is 8.18. The number of halogens is 2. The van der Waals surface area contributed by atoms with Gasteiger partial charge >= 0.3 is 0 Å². The number of nitrogen functional groups attached to an aromatic ring is 1. The molecule has 0 radical (unpaired) electrons. The van der Waals surface area contributed by atoms with Crippen LogP contribution in [0.4, 0.5) is 5.82 Å². The average Bonchev–Trinajstić information content (AvgIpc) is 2.69. The molecule has 0 bridgehead atoms. The third kappa shape index (κ3) is 6.49. The lowest BCUT2D eigenvalue weighted by atomic mass is 10.2. The summed E-state index contributed by atoms with van der Waals surface area (Å²) in [5, 5.41) is 12.4. The number of nitrogens with two attached hydrogens (primary N) is 1. The van der Waals surface area contributed by atoms with E-state index in [0.29, 0.717) is 34.0 Å². The highest BCUT2D eigenvalue weighted by Gasteiger charge is 2.21. The van der Waals surface area contributed by atoms with E-state index in [2.05, 4.69) is 20.4 Å². The van der Waals surface area contributed by atoms with Crippen LogP contribution in [0, 0.1) is 0 Å². The smallest absolute Gasteiger partial charge is 0.230 e. The maximum Gasteiger partial charge on any atom is 0.230 e. The van der Waals surface area contributed by atoms with Crippen LogP contribution in [0.5, 0.6) is 0 Å². The first-order valence-electron chi connectivity index (χ1n) is 8.76. The number of morpholine rings is 1. The summed E-state index contributed by atoms with van der Waals surface area (Å²) >= 11 is 13.4. The lowest BCUT2D eigenvalue weighted by molar-refractivity contribution is -0.119. The zero-order chi connectivity index (χ0) is 19.9. The van der Waals surface area contributed by atoms with E-state index in [1.54, 1.807) is 18.2 Å². The van der Waals surface area contributed by atoms with E-state index in [1.807, 2.05) is 12.1 Å². The Bertz CT molecular complexity index is 809. The van der Waals surface area contributed by atoms with Crippen LogP contribution in [0.25, 0.3) is 0 Å². The molecule has 0 spiro atoms. The van der Waals surface area contributed by atoms with Gasteiger partial charge in [0.2, 0.25) is 5.91 Å². The number of thioether (sulfide) groups is 1. The van der Waals surface area contributed by atoms with Gasteiger partial charge in [0.15, 0.2) is 0 Å². The minimum absolute atomic E-state index is 0.0539. The third-order valence-electron chi connectivity index (χ3n) is 4.15. The first kappa shape index (κ1) is 21.1. The predicted octanol–water partition coefficient (Wildman–Crippen LogP) is 2.47. The molecule has 1 aromatic carbocycles. The molecule has 1 aliphatic heterocycles. The van der Waals surface area contributed by atoms with Crippen molar-refractivity contribution < 1.29 is 9.53 Å². The van der Waals surface area contributed by atoms with Gasteiger partial charge in [-0.25, -0.2) is 0 Å². The Hall–Kier alpha value is -1.58. The van der Waals surface area contributed by atoms with Crippen LogP contribution in [0.3, 0.4) is 0 Å². The first-order valence-corrected chi connectivity index (χ1v) is 10.5. The monoisotopic (exact) mass is 441 g/mol. The van der Waals surface area contributed by atoms with Gasteiger partial charge in [0.25, 0.3) is 0 Å². The van der Waals surface area contributed by atoms with Crippen molar-refractivity contribution in [2.45, 2.75) is 17.7 Å². The van der Waals surface area contributed by atoms with Gasteiger partial charge in [0.05, 0.1) is 28.5 Å². The van der Waals surface area contributed by atoms with Crippen molar-refractivity contribution in [2.24, 2.45) is 0 Å². The Labute approximate surface area is 177 Å². The number of ether oxygens (including phenoxy) is 1. The molecule has 1 atom stereocenters. The molecule has 10 heteroatoms. The minimum atomic E-state index is -0.0752. The zero-order valence-corrected chi connectivity index (χ0v) is 17.4. The Balaban J connectivity index is 1.41. The second kappa shape index (κ2) is 10.3. The minimum Gasteiger partial charge on any atom is -0.382 e. The topological polar surface area (TPSA) is 93.4 Å². The van der Waals surface area contributed by atoms with Gasteiger partial charge < -0.3 is 15.8 Å². The summed E-state index contributed by atoms with van der Waals surface area (Å²) in [4.78, 5) is 14.3. The summed E-state index contributed by atoms with van der Waals surface area (Å²) in [5.74, 6) is 0.542. The van der Waals surface area contributed by atoms with E-state index in [4.69, 9.17) is 33.7 Å². The number of nitrogens with zero attached hydrogens (tertiary/aromatic N) is 3. The molecule has 3 N–H and O–H groups in total. The molecular formula is C18H21Cl2N5O2S. The maximum absolute atomic E-state index is 12.1. The second-order valence-electron chi connectivity index (χ2n) is 6.37. The summed E-state index contributed by atoms with van der Waals surface area (Å²) in [7, 11) is 0. The summed E-state index contributed by atoms with van der Waals surface area (Å²) in [6, 6.07) is 9.06. The van der Waals surface area contributed by atoms with Gasteiger partial charge in [-0.3, -0.25) is 9.69 Å². The number of rotatable bonds is 7. The van der Waals surface area contributed by atoms with E-state index < -0.39 is 0 Å². The lowest BCUT2D eigenvalue weighted by Crippen LogP contribution is -2.47. The van der Waals surface area contributed by atoms with Crippen molar-refractivity contribution in [3.63, 3.8) is 0 Å². The molecule has 3 rings (SSSR count). The number of aromatic nitrogens is 2. The fourth-order valence-electron chi connectivity index (χ4n) is 2.77. The van der Waals surface area contributed by atoms with Gasteiger partial charge in [-0.2, -0.15) is 0 Å². The lowest BCUT2D eigenvalue weighted by Gasteiger charge is -2.33. The van der Waals surface area contributed by atoms with Gasteiger partial charge in [0, 0.05) is 26.2 Å². The SMILES string of the molecule is Nc1ccc(SCC(=O)NC[C@H]2CN(Cc3ccc(Cl)c(Cl)c3)CCO2)nn1. The fourth-order valence-corrected chi connectivity index (χ4v) is 3.73. The number of hydrogen-bond acceptors (Lipinski definition) is 7. The van der Waals surface area contributed by atoms with Gasteiger partial charge in [-0.1, -0.05) is 41.0 Å². The van der Waals surface area contributed by atoms with E-state index in [1.165, 1.54) is 11.8 Å². The Morgan fingerprint density at radius 2 is 2.14 bits per heavy atom. The van der Waals surface area contributed by atoms with E-state index in [9.17, 15) is 4.79 Å². The molecule has 1 aromatic heterocycles. The molecule has 2 heterocycles. The van der Waals surface area contributed by atoms with Crippen molar-refractivity contribution in [2.75, 3.05) is 37.7 Å². The average molecular weight is 442 g/mol. The molecule has 0 unspecified atom stereocenters. The van der Waals surface area contributed by atoms with Crippen molar-refractivity contribution in [1.29, 1.82) is 0 Å². The highest BCUT2D eigenvalue weighted by Crippen LogP contribution is 2.23. The number of carbonyl (C=O) groups excluding carboxylic acids is 1. The highest BCUT2D eigenvalue weighted by atomic mass is 35.5. The van der Waals surface area contributed by atoms with E-state index >= 15 is 0 Å². The normalized spacial score (nSPS) is 17.4. The Kier molecular flexibility index (Phi) is 7.75. The molecular weight excluding hydrogens is 421 g/mol. The largest absolute Gasteiger partial charge is 0.382 e. The molecule has 1 fully saturated rings. The Morgan fingerprint density at radius 3 is 2.89 bits per heavy atom. The van der Waals surface area contributed by atoms with Crippen molar-refractivity contribution in [1.82, 2.24) is 20.4 Å². The quantitative estimate of drug-likeness (QED) is 0.637. The molecule has 1 amide bonds. The van der Waals surface area contributed by atoms with Crippen LogP contribution in [-0.4, -0.2) is 59.1 Å². The predicted molar refractivity (Wildman–Crippen MR) is 112 cm³/mol. The molecule has 150 valence electrons. The van der Waals surface area contributed by atoms with Gasteiger partial charge in [-0.05, 0) is 29.8 Å². The maximum atomic E-state index is 12.1. The van der Waals surface area contributed by atoms with E-state index in [0.717, 1.165) is 25.2 Å². The van der Waals surface area contributed by atoms with Crippen LogP contribution >= 0.6 is 35.0 Å². The summed E-state index contributed by atoms with van der Waals surface area (Å²) < 4.78 is 5.77. The highest BCUT2D eigenvalue weighted by molar-refractivity contribution is 7.99. The molecule has 1 aliphatic rings. The van der Waals surface area contributed by atoms with Crippen LogP contribution in [0.1, 0.15) is 5.56 Å². The van der Waals surface area contributed by atoms with Crippen LogP contribution < -0.4 is 11.1 Å². The van der Waals surface area contributed by atoms with E-state index in [-0.39, 0.29) is 17.8 Å². The number of anilines is 1. The van der Waals surface area contributed by atoms with Crippen LogP contribution in [0.15, 0.2) is 35.4 Å². The summed E-state index contributed by atoms with van der Waals surface area (Å²) in [5.41, 5.74) is 6.59. The summed E-state index contributed by atoms with van der Waals surface area (Å²) in [6.45, 7) is 3.41. The van der Waals surface area contributed by atoms with Crippen LogP contribution in [0.2, 0.25) is 10.0 Å². The number of nitrogens with one attached hydrogen (secondary N) is 1. The number of benzene rings is 1. The molecule has 28 heavy (non-hydrogen) atoms. The molecule has 7 nitrogen and oxygen atoms in total. The summed E-state index contributed by atoms with van der Waals surface area (Å²) in [6.07, 6.45) is -0.0539. The standard InChI is InChI=1S/C18H21Cl2N5O2S/c19-14-2-1-12(7-15(14)20)9-25-5-6-27-13(10-25)8-22-17(26)11-28-18-4-3-16(21)23-24-18/h1-4,7,13H,5-6,8-11H2,(H2,21,23)(H,22,26)/t13-/m0/s1. The molecule has 0 aliphatic carbocycles. The fraction of sp³-hybridized carbons (Fsp3) is 0.389. The van der Waals surface area contributed by atoms with Crippen molar-refractivity contribution in [3.8, 4) is 0 Å². The van der Waals surface area contributed by atoms with Crippen molar-refractivity contribution >= 4 is 46.7 Å². The number of carbonyl (C=O) groups is 1. The zero-order valence-electron chi connectivity index (χ0n) is 15.1. The van der Waals surface area contributed by atoms with Gasteiger partial charge in [0.1, 0.15) is 10.8 Å². The van der Waals surface area contributed by atoms with Crippen LogP contribution in [-0.2, 0) is 16.1 Å².